The Labute approximate surface area is 107 Å². The van der Waals surface area contributed by atoms with E-state index in [2.05, 4.69) is 14.7 Å². The van der Waals surface area contributed by atoms with E-state index in [9.17, 15) is 4.79 Å². The van der Waals surface area contributed by atoms with Gasteiger partial charge in [-0.3, -0.25) is 4.79 Å². The monoisotopic (exact) mass is 268 g/mol. The number of anilines is 1. The van der Waals surface area contributed by atoms with Crippen LogP contribution in [0.1, 0.15) is 16.1 Å². The quantitative estimate of drug-likeness (QED) is 0.900. The molecule has 7 heteroatoms. The average Bonchev–Trinajstić information content (AvgIpc) is 2.85. The highest BCUT2D eigenvalue weighted by molar-refractivity contribution is 7.10. The minimum Gasteiger partial charge on any atom is -0.378 e. The lowest BCUT2D eigenvalue weighted by Crippen LogP contribution is -2.13. The lowest BCUT2D eigenvalue weighted by Gasteiger charge is -1.98. The van der Waals surface area contributed by atoms with Crippen molar-refractivity contribution in [3.63, 3.8) is 0 Å². The third-order valence-corrected chi connectivity index (χ3v) is 4.06. The zero-order valence-electron chi connectivity index (χ0n) is 9.72. The summed E-state index contributed by atoms with van der Waals surface area (Å²) in [5.74, 6) is -0.251. The molecule has 0 aliphatic rings. The highest BCUT2D eigenvalue weighted by Gasteiger charge is 2.16. The van der Waals surface area contributed by atoms with Crippen LogP contribution in [0, 0.1) is 6.92 Å². The number of aryl methyl sites for hydroxylation is 2. The van der Waals surface area contributed by atoms with E-state index in [1.807, 2.05) is 30.1 Å². The lowest BCUT2D eigenvalue weighted by atomic mass is 10.2. The van der Waals surface area contributed by atoms with Crippen LogP contribution >= 0.6 is 22.9 Å². The van der Waals surface area contributed by atoms with Crippen molar-refractivity contribution in [3.8, 4) is 0 Å². The van der Waals surface area contributed by atoms with Crippen molar-refractivity contribution in [2.24, 2.45) is 12.0 Å². The van der Waals surface area contributed by atoms with E-state index in [0.717, 1.165) is 5.00 Å². The molecule has 17 heavy (non-hydrogen) atoms. The molecular formula is C10H12N4OS2. The Kier molecular flexibility index (Phi) is 3.39. The van der Waals surface area contributed by atoms with Gasteiger partial charge in [-0.25, -0.2) is 0 Å². The maximum atomic E-state index is 12.1. The third kappa shape index (κ3) is 2.29. The third-order valence-electron chi connectivity index (χ3n) is 2.26. The number of hydrogen-bond donors (Lipinski definition) is 1. The average molecular weight is 268 g/mol. The molecule has 0 fully saturated rings. The molecule has 2 heterocycles. The molecule has 0 unspecified atom stereocenters. The highest BCUT2D eigenvalue weighted by Crippen LogP contribution is 2.24. The Morgan fingerprint density at radius 2 is 2.35 bits per heavy atom. The van der Waals surface area contributed by atoms with Crippen molar-refractivity contribution < 1.29 is 4.79 Å². The second-order valence-corrected chi connectivity index (χ2v) is 5.08. The number of carbonyl (C=O) groups excluding carboxylic acids is 1. The normalized spacial score (nSPS) is 11.8. The van der Waals surface area contributed by atoms with E-state index < -0.39 is 0 Å². The number of amides is 1. The molecule has 0 aliphatic carbocycles. The first-order chi connectivity index (χ1) is 8.13. The van der Waals surface area contributed by atoms with Crippen LogP contribution < -0.4 is 10.1 Å². The van der Waals surface area contributed by atoms with Crippen molar-refractivity contribution >= 4 is 33.8 Å². The summed E-state index contributed by atoms with van der Waals surface area (Å²) >= 11 is 2.71. The van der Waals surface area contributed by atoms with Gasteiger partial charge in [-0.15, -0.1) is 11.3 Å². The number of carbonyl (C=O) groups is 1. The van der Waals surface area contributed by atoms with Crippen molar-refractivity contribution in [2.45, 2.75) is 6.92 Å². The summed E-state index contributed by atoms with van der Waals surface area (Å²) in [5, 5.41) is 5.62. The predicted octanol–water partition coefficient (Wildman–Crippen LogP) is 1.63. The first-order valence-corrected chi connectivity index (χ1v) is 6.62. The summed E-state index contributed by atoms with van der Waals surface area (Å²) in [6, 6.07) is 0. The second-order valence-electron chi connectivity index (χ2n) is 3.44. The van der Waals surface area contributed by atoms with Gasteiger partial charge in [0, 0.05) is 25.7 Å². The standard InChI is InChI=1S/C10H12N4OS2/c1-6-7(9(11-2)17-13-6)8(15)12-10-14(3)4-5-16-10/h4-5,11H,1-3H3. The summed E-state index contributed by atoms with van der Waals surface area (Å²) < 4.78 is 5.97. The molecule has 0 saturated heterocycles. The van der Waals surface area contributed by atoms with Gasteiger partial charge in [0.2, 0.25) is 0 Å². The van der Waals surface area contributed by atoms with Crippen LogP contribution in [-0.4, -0.2) is 21.9 Å². The van der Waals surface area contributed by atoms with Gasteiger partial charge in [0.15, 0.2) is 4.80 Å². The SMILES string of the molecule is CNc1snc(C)c1C(=O)N=c1sccn1C. The second kappa shape index (κ2) is 4.80. The maximum absolute atomic E-state index is 12.1. The Morgan fingerprint density at radius 3 is 2.94 bits per heavy atom. The Bertz CT molecular complexity index is 608. The van der Waals surface area contributed by atoms with Crippen LogP contribution in [-0.2, 0) is 7.05 Å². The molecule has 0 aliphatic heterocycles. The molecule has 0 aromatic carbocycles. The van der Waals surface area contributed by atoms with Gasteiger partial charge in [0.05, 0.1) is 11.3 Å². The van der Waals surface area contributed by atoms with E-state index in [4.69, 9.17) is 0 Å². The summed E-state index contributed by atoms with van der Waals surface area (Å²) in [6.07, 6.45) is 1.87. The van der Waals surface area contributed by atoms with Gasteiger partial charge in [-0.05, 0) is 18.5 Å². The molecule has 0 spiro atoms. The van der Waals surface area contributed by atoms with Crippen LogP contribution in [0.4, 0.5) is 5.00 Å². The number of nitrogens with one attached hydrogen (secondary N) is 1. The van der Waals surface area contributed by atoms with Crippen molar-refractivity contribution in [3.05, 3.63) is 27.6 Å². The molecule has 0 radical (unpaired) electrons. The van der Waals surface area contributed by atoms with Crippen LogP contribution in [0.2, 0.25) is 0 Å². The molecule has 90 valence electrons. The zero-order valence-corrected chi connectivity index (χ0v) is 11.4. The minimum absolute atomic E-state index is 0.251. The first-order valence-electron chi connectivity index (χ1n) is 4.96. The Hall–Kier alpha value is -1.47. The number of hydrogen-bond acceptors (Lipinski definition) is 5. The van der Waals surface area contributed by atoms with Gasteiger partial charge >= 0.3 is 0 Å². The molecule has 2 rings (SSSR count). The van der Waals surface area contributed by atoms with E-state index >= 15 is 0 Å². The fourth-order valence-corrected chi connectivity index (χ4v) is 2.83. The van der Waals surface area contributed by atoms with Crippen LogP contribution in [0.3, 0.4) is 0 Å². The van der Waals surface area contributed by atoms with E-state index in [0.29, 0.717) is 16.1 Å². The van der Waals surface area contributed by atoms with Crippen molar-refractivity contribution in [2.75, 3.05) is 12.4 Å². The summed E-state index contributed by atoms with van der Waals surface area (Å²) in [4.78, 5) is 16.9. The van der Waals surface area contributed by atoms with Crippen LogP contribution in [0.5, 0.6) is 0 Å². The summed E-state index contributed by atoms with van der Waals surface area (Å²) in [6.45, 7) is 1.81. The fourth-order valence-electron chi connectivity index (χ4n) is 1.37. The number of rotatable bonds is 2. The Morgan fingerprint density at radius 1 is 1.59 bits per heavy atom. The molecule has 1 N–H and O–H groups in total. The van der Waals surface area contributed by atoms with Gasteiger partial charge in [-0.1, -0.05) is 0 Å². The summed E-state index contributed by atoms with van der Waals surface area (Å²) in [5.41, 5.74) is 1.28. The van der Waals surface area contributed by atoms with E-state index in [-0.39, 0.29) is 5.91 Å². The maximum Gasteiger partial charge on any atom is 0.284 e. The smallest absolute Gasteiger partial charge is 0.284 e. The molecule has 2 aromatic rings. The van der Waals surface area contributed by atoms with Crippen molar-refractivity contribution in [1.82, 2.24) is 8.94 Å². The predicted molar refractivity (Wildman–Crippen MR) is 69.6 cm³/mol. The fraction of sp³-hybridized carbons (Fsp3) is 0.300. The highest BCUT2D eigenvalue weighted by atomic mass is 32.1. The van der Waals surface area contributed by atoms with Crippen LogP contribution in [0.25, 0.3) is 0 Å². The largest absolute Gasteiger partial charge is 0.378 e. The first kappa shape index (κ1) is 12.0. The van der Waals surface area contributed by atoms with Crippen LogP contribution in [0.15, 0.2) is 16.6 Å². The molecule has 5 nitrogen and oxygen atoms in total. The summed E-state index contributed by atoms with van der Waals surface area (Å²) in [7, 11) is 3.63. The number of thiazole rings is 1. The zero-order chi connectivity index (χ0) is 12.4. The van der Waals surface area contributed by atoms with Gasteiger partial charge in [0.1, 0.15) is 5.00 Å². The van der Waals surface area contributed by atoms with Gasteiger partial charge in [-0.2, -0.15) is 9.37 Å². The molecule has 1 amide bonds. The van der Waals surface area contributed by atoms with E-state index in [1.54, 1.807) is 7.05 Å². The molecule has 0 atom stereocenters. The molecule has 2 aromatic heterocycles. The van der Waals surface area contributed by atoms with E-state index in [1.165, 1.54) is 22.9 Å². The number of nitrogens with zero attached hydrogens (tertiary/aromatic N) is 3. The lowest BCUT2D eigenvalue weighted by molar-refractivity contribution is 0.0998. The van der Waals surface area contributed by atoms with Gasteiger partial charge in [0.25, 0.3) is 5.91 Å². The molecule has 0 saturated carbocycles. The van der Waals surface area contributed by atoms with Crippen molar-refractivity contribution in [1.29, 1.82) is 0 Å². The molecular weight excluding hydrogens is 256 g/mol. The molecule has 0 bridgehead atoms. The minimum atomic E-state index is -0.251. The Balaban J connectivity index is 2.45. The topological polar surface area (TPSA) is 59.3 Å². The van der Waals surface area contributed by atoms with Gasteiger partial charge < -0.3 is 9.88 Å². The number of aromatic nitrogens is 2.